The van der Waals surface area contributed by atoms with Gasteiger partial charge in [0.25, 0.3) is 0 Å². The normalized spacial score (nSPS) is 25.1. The average molecular weight is 290 g/mol. The Bertz CT molecular complexity index is 506. The number of ether oxygens (including phenoxy) is 3. The predicted octanol–water partition coefficient (Wildman–Crippen LogP) is 3.11. The minimum atomic E-state index is -0.348. The van der Waals surface area contributed by atoms with E-state index < -0.39 is 0 Å². The fourth-order valence-electron chi connectivity index (χ4n) is 2.25. The number of hydrogen-bond acceptors (Lipinski definition) is 4. The first kappa shape index (κ1) is 15.7. The lowest BCUT2D eigenvalue weighted by molar-refractivity contribution is -0.150. The second kappa shape index (κ2) is 6.87. The van der Waals surface area contributed by atoms with Gasteiger partial charge in [-0.25, -0.2) is 4.79 Å². The van der Waals surface area contributed by atoms with Crippen LogP contribution in [0.15, 0.2) is 36.4 Å². The largest absolute Gasteiger partial charge is 0.459 e. The maximum Gasteiger partial charge on any atom is 0.338 e. The molecular formula is C17H22O4. The van der Waals surface area contributed by atoms with E-state index in [2.05, 4.69) is 6.58 Å². The SMILES string of the molecule is C=C1[C@@H](C)[C@H](OCC)O[C@@H]1COC(=O)c1ccc(C)cc1. The fourth-order valence-corrected chi connectivity index (χ4v) is 2.25. The first-order valence-corrected chi connectivity index (χ1v) is 7.22. The van der Waals surface area contributed by atoms with Gasteiger partial charge < -0.3 is 14.2 Å². The van der Waals surface area contributed by atoms with Gasteiger partial charge in [0.1, 0.15) is 12.7 Å². The molecule has 21 heavy (non-hydrogen) atoms. The lowest BCUT2D eigenvalue weighted by atomic mass is 10.0. The van der Waals surface area contributed by atoms with Crippen LogP contribution in [-0.4, -0.2) is 31.6 Å². The molecule has 0 aromatic heterocycles. The number of hydrogen-bond donors (Lipinski definition) is 0. The first-order valence-electron chi connectivity index (χ1n) is 7.22. The number of carbonyl (C=O) groups is 1. The smallest absolute Gasteiger partial charge is 0.338 e. The number of benzene rings is 1. The molecular weight excluding hydrogens is 268 g/mol. The Kier molecular flexibility index (Phi) is 5.15. The van der Waals surface area contributed by atoms with Gasteiger partial charge in [-0.3, -0.25) is 0 Å². The summed E-state index contributed by atoms with van der Waals surface area (Å²) < 4.78 is 16.5. The molecule has 2 rings (SSSR count). The first-order chi connectivity index (χ1) is 10.0. The number of esters is 1. The molecule has 0 bridgehead atoms. The Balaban J connectivity index is 1.89. The van der Waals surface area contributed by atoms with Gasteiger partial charge in [-0.15, -0.1) is 0 Å². The van der Waals surface area contributed by atoms with Crippen LogP contribution in [0.25, 0.3) is 0 Å². The van der Waals surface area contributed by atoms with Crippen LogP contribution < -0.4 is 0 Å². The molecule has 0 aliphatic carbocycles. The molecule has 0 saturated carbocycles. The molecule has 1 aliphatic rings. The molecule has 1 aliphatic heterocycles. The number of rotatable bonds is 5. The summed E-state index contributed by atoms with van der Waals surface area (Å²) in [4.78, 5) is 12.0. The summed E-state index contributed by atoms with van der Waals surface area (Å²) >= 11 is 0. The van der Waals surface area contributed by atoms with Crippen molar-refractivity contribution < 1.29 is 19.0 Å². The molecule has 0 unspecified atom stereocenters. The van der Waals surface area contributed by atoms with Gasteiger partial charge in [-0.05, 0) is 31.6 Å². The van der Waals surface area contributed by atoms with E-state index in [4.69, 9.17) is 14.2 Å². The number of aryl methyl sites for hydroxylation is 1. The molecule has 1 fully saturated rings. The summed E-state index contributed by atoms with van der Waals surface area (Å²) in [5.74, 6) is -0.244. The van der Waals surface area contributed by atoms with Gasteiger partial charge in [0.2, 0.25) is 0 Å². The van der Waals surface area contributed by atoms with Crippen LogP contribution in [0.4, 0.5) is 0 Å². The molecule has 114 valence electrons. The molecule has 3 atom stereocenters. The maximum atomic E-state index is 12.0. The van der Waals surface area contributed by atoms with E-state index in [-0.39, 0.29) is 30.9 Å². The van der Waals surface area contributed by atoms with Crippen molar-refractivity contribution in [2.45, 2.75) is 33.2 Å². The van der Waals surface area contributed by atoms with Gasteiger partial charge in [-0.2, -0.15) is 0 Å². The molecule has 0 N–H and O–H groups in total. The van der Waals surface area contributed by atoms with Crippen LogP contribution in [0.5, 0.6) is 0 Å². The third kappa shape index (κ3) is 3.71. The zero-order chi connectivity index (χ0) is 15.4. The summed E-state index contributed by atoms with van der Waals surface area (Å²) in [6.45, 7) is 10.7. The maximum absolute atomic E-state index is 12.0. The summed E-state index contributed by atoms with van der Waals surface area (Å²) in [6.07, 6.45) is -0.600. The second-order valence-electron chi connectivity index (χ2n) is 5.28. The highest BCUT2D eigenvalue weighted by Gasteiger charge is 2.36. The van der Waals surface area contributed by atoms with E-state index in [9.17, 15) is 4.79 Å². The van der Waals surface area contributed by atoms with Crippen molar-refractivity contribution in [3.05, 3.63) is 47.5 Å². The molecule has 1 aromatic rings. The summed E-state index contributed by atoms with van der Waals surface area (Å²) in [5, 5.41) is 0. The Labute approximate surface area is 125 Å². The van der Waals surface area contributed by atoms with Crippen LogP contribution in [0.1, 0.15) is 29.8 Å². The van der Waals surface area contributed by atoms with E-state index in [1.165, 1.54) is 0 Å². The van der Waals surface area contributed by atoms with Crippen molar-refractivity contribution in [1.82, 2.24) is 0 Å². The van der Waals surface area contributed by atoms with Crippen LogP contribution in [-0.2, 0) is 14.2 Å². The van der Waals surface area contributed by atoms with Gasteiger partial charge in [0.05, 0.1) is 5.56 Å². The van der Waals surface area contributed by atoms with Crippen molar-refractivity contribution in [1.29, 1.82) is 0 Å². The van der Waals surface area contributed by atoms with Gasteiger partial charge in [0.15, 0.2) is 6.29 Å². The molecule has 4 heteroatoms. The van der Waals surface area contributed by atoms with Crippen molar-refractivity contribution in [3.63, 3.8) is 0 Å². The highest BCUT2D eigenvalue weighted by atomic mass is 16.7. The van der Waals surface area contributed by atoms with E-state index in [0.717, 1.165) is 11.1 Å². The summed E-state index contributed by atoms with van der Waals surface area (Å²) in [7, 11) is 0. The quantitative estimate of drug-likeness (QED) is 0.617. The number of carbonyl (C=O) groups excluding carboxylic acids is 1. The minimum Gasteiger partial charge on any atom is -0.459 e. The van der Waals surface area contributed by atoms with Crippen LogP contribution in [0.3, 0.4) is 0 Å². The average Bonchev–Trinajstić information content (AvgIpc) is 2.74. The molecule has 4 nitrogen and oxygen atoms in total. The second-order valence-corrected chi connectivity index (χ2v) is 5.28. The third-order valence-electron chi connectivity index (χ3n) is 3.69. The Morgan fingerprint density at radius 1 is 1.33 bits per heavy atom. The Morgan fingerprint density at radius 2 is 2.00 bits per heavy atom. The monoisotopic (exact) mass is 290 g/mol. The van der Waals surface area contributed by atoms with E-state index in [0.29, 0.717) is 12.2 Å². The predicted molar refractivity (Wildman–Crippen MR) is 80.1 cm³/mol. The molecule has 1 aromatic carbocycles. The van der Waals surface area contributed by atoms with Crippen molar-refractivity contribution >= 4 is 5.97 Å². The standard InChI is InChI=1S/C17H22O4/c1-5-19-17-13(4)12(3)15(21-17)10-20-16(18)14-8-6-11(2)7-9-14/h6-9,13,15,17H,3,5,10H2,1-2,4H3/t13-,15-,17-/m1/s1. The lowest BCUT2D eigenvalue weighted by Crippen LogP contribution is -2.22. The zero-order valence-electron chi connectivity index (χ0n) is 12.8. The van der Waals surface area contributed by atoms with E-state index in [1.54, 1.807) is 12.1 Å². The highest BCUT2D eigenvalue weighted by Crippen LogP contribution is 2.31. The van der Waals surface area contributed by atoms with E-state index in [1.807, 2.05) is 32.9 Å². The molecule has 0 amide bonds. The van der Waals surface area contributed by atoms with Crippen molar-refractivity contribution in [3.8, 4) is 0 Å². The van der Waals surface area contributed by atoms with Crippen LogP contribution >= 0.6 is 0 Å². The Hall–Kier alpha value is -1.65. The summed E-state index contributed by atoms with van der Waals surface area (Å²) in [6, 6.07) is 7.28. The molecule has 0 spiro atoms. The molecule has 1 saturated heterocycles. The third-order valence-corrected chi connectivity index (χ3v) is 3.69. The van der Waals surface area contributed by atoms with Crippen molar-refractivity contribution in [2.24, 2.45) is 5.92 Å². The molecule has 1 heterocycles. The minimum absolute atomic E-state index is 0.105. The van der Waals surface area contributed by atoms with Crippen LogP contribution in [0, 0.1) is 12.8 Å². The Morgan fingerprint density at radius 3 is 2.62 bits per heavy atom. The van der Waals surface area contributed by atoms with Crippen molar-refractivity contribution in [2.75, 3.05) is 13.2 Å². The fraction of sp³-hybridized carbons (Fsp3) is 0.471. The molecule has 0 radical (unpaired) electrons. The highest BCUT2D eigenvalue weighted by molar-refractivity contribution is 5.89. The topological polar surface area (TPSA) is 44.8 Å². The van der Waals surface area contributed by atoms with Gasteiger partial charge >= 0.3 is 5.97 Å². The van der Waals surface area contributed by atoms with Gasteiger partial charge in [0, 0.05) is 12.5 Å². The van der Waals surface area contributed by atoms with E-state index >= 15 is 0 Å². The zero-order valence-corrected chi connectivity index (χ0v) is 12.8. The summed E-state index contributed by atoms with van der Waals surface area (Å²) in [5.41, 5.74) is 2.55. The lowest BCUT2D eigenvalue weighted by Gasteiger charge is -2.14. The van der Waals surface area contributed by atoms with Gasteiger partial charge in [-0.1, -0.05) is 31.2 Å². The van der Waals surface area contributed by atoms with Crippen LogP contribution in [0.2, 0.25) is 0 Å².